The first-order valence-corrected chi connectivity index (χ1v) is 4.88. The summed E-state index contributed by atoms with van der Waals surface area (Å²) in [7, 11) is 0. The number of hydrogen-bond donors (Lipinski definition) is 1. The van der Waals surface area contributed by atoms with E-state index in [-0.39, 0.29) is 11.6 Å². The van der Waals surface area contributed by atoms with Crippen molar-refractivity contribution in [1.82, 2.24) is 20.0 Å². The Kier molecular flexibility index (Phi) is 2.74. The van der Waals surface area contributed by atoms with Crippen molar-refractivity contribution in [3.63, 3.8) is 0 Å². The van der Waals surface area contributed by atoms with Gasteiger partial charge in [-0.15, -0.1) is 5.10 Å². The van der Waals surface area contributed by atoms with Gasteiger partial charge in [0.1, 0.15) is 17.6 Å². The van der Waals surface area contributed by atoms with Gasteiger partial charge in [0, 0.05) is 6.04 Å². The highest BCUT2D eigenvalue weighted by molar-refractivity contribution is 5.73. The van der Waals surface area contributed by atoms with Gasteiger partial charge in [0.2, 0.25) is 0 Å². The summed E-state index contributed by atoms with van der Waals surface area (Å²) in [4.78, 5) is 3.98. The van der Waals surface area contributed by atoms with Crippen LogP contribution in [0.4, 0.5) is 13.2 Å². The van der Waals surface area contributed by atoms with Crippen LogP contribution in [0.15, 0.2) is 12.3 Å². The van der Waals surface area contributed by atoms with Crippen LogP contribution in [0.5, 0.6) is 0 Å². The molecule has 0 fully saturated rings. The molecule has 1 atom stereocenters. The van der Waals surface area contributed by atoms with Gasteiger partial charge in [-0.3, -0.25) is 4.98 Å². The second-order valence-corrected chi connectivity index (χ2v) is 3.75. The van der Waals surface area contributed by atoms with Crippen molar-refractivity contribution >= 4 is 11.0 Å². The third-order valence-corrected chi connectivity index (χ3v) is 2.22. The third-order valence-electron chi connectivity index (χ3n) is 2.22. The van der Waals surface area contributed by atoms with E-state index >= 15 is 0 Å². The maximum Gasteiger partial charge on any atom is 0.408 e. The van der Waals surface area contributed by atoms with E-state index in [1.165, 1.54) is 6.20 Å². The minimum absolute atomic E-state index is 0.242. The molecular formula is C9H10F3N5. The average Bonchev–Trinajstić information content (AvgIpc) is 2.58. The number of halogens is 3. The molecule has 2 aromatic rings. The molecule has 0 aliphatic carbocycles. The average molecular weight is 245 g/mol. The number of hydrogen-bond acceptors (Lipinski definition) is 4. The molecule has 2 heterocycles. The molecule has 17 heavy (non-hydrogen) atoms. The predicted molar refractivity (Wildman–Crippen MR) is 54.0 cm³/mol. The second-order valence-electron chi connectivity index (χ2n) is 3.75. The molecule has 0 spiro atoms. The molecule has 0 aromatic carbocycles. The predicted octanol–water partition coefficient (Wildman–Crippen LogP) is 1.41. The van der Waals surface area contributed by atoms with Gasteiger partial charge in [0.05, 0.1) is 11.9 Å². The van der Waals surface area contributed by atoms with Gasteiger partial charge in [-0.1, -0.05) is 5.21 Å². The zero-order chi connectivity index (χ0) is 12.6. The Morgan fingerprint density at radius 3 is 2.76 bits per heavy atom. The number of rotatable bonds is 2. The summed E-state index contributed by atoms with van der Waals surface area (Å²) in [6.45, 7) is 0.553. The molecule has 0 unspecified atom stereocenters. The summed E-state index contributed by atoms with van der Waals surface area (Å²) >= 11 is 0. The summed E-state index contributed by atoms with van der Waals surface area (Å²) in [6, 6.07) is 1.24. The molecule has 0 aliphatic heterocycles. The fourth-order valence-corrected chi connectivity index (χ4v) is 1.42. The van der Waals surface area contributed by atoms with Crippen LogP contribution in [0, 0.1) is 0 Å². The quantitative estimate of drug-likeness (QED) is 0.868. The molecule has 2 N–H and O–H groups in total. The van der Waals surface area contributed by atoms with Gasteiger partial charge in [0.25, 0.3) is 0 Å². The summed E-state index contributed by atoms with van der Waals surface area (Å²) in [6.07, 6.45) is -3.03. The Hall–Kier alpha value is -1.70. The highest BCUT2D eigenvalue weighted by atomic mass is 19.4. The van der Waals surface area contributed by atoms with Gasteiger partial charge in [-0.05, 0) is 13.0 Å². The molecule has 0 aliphatic rings. The van der Waals surface area contributed by atoms with Crippen molar-refractivity contribution in [2.45, 2.75) is 25.7 Å². The molecule has 92 valence electrons. The normalized spacial score (nSPS) is 14.2. The Bertz CT molecular complexity index is 531. The topological polar surface area (TPSA) is 69.6 Å². The molecule has 2 rings (SSSR count). The fraction of sp³-hybridized carbons (Fsp3) is 0.444. The highest BCUT2D eigenvalue weighted by Gasteiger charge is 2.29. The van der Waals surface area contributed by atoms with Crippen LogP contribution in [-0.2, 0) is 6.54 Å². The highest BCUT2D eigenvalue weighted by Crippen LogP contribution is 2.20. The zero-order valence-corrected chi connectivity index (χ0v) is 8.94. The zero-order valence-electron chi connectivity index (χ0n) is 8.94. The minimum Gasteiger partial charge on any atom is -0.323 e. The van der Waals surface area contributed by atoms with Crippen molar-refractivity contribution in [3.8, 4) is 0 Å². The number of nitrogens with zero attached hydrogens (tertiary/aromatic N) is 4. The Morgan fingerprint density at radius 2 is 2.18 bits per heavy atom. The Balaban J connectivity index is 2.42. The molecule has 8 heteroatoms. The summed E-state index contributed by atoms with van der Waals surface area (Å²) in [5.41, 5.74) is 6.78. The smallest absolute Gasteiger partial charge is 0.323 e. The fourth-order valence-electron chi connectivity index (χ4n) is 1.42. The lowest BCUT2D eigenvalue weighted by molar-refractivity contribution is -0.142. The number of nitrogens with two attached hydrogens (primary N) is 1. The van der Waals surface area contributed by atoms with Crippen LogP contribution in [-0.4, -0.2) is 26.2 Å². The Morgan fingerprint density at radius 1 is 1.47 bits per heavy atom. The lowest BCUT2D eigenvalue weighted by Crippen LogP contribution is -2.18. The van der Waals surface area contributed by atoms with E-state index in [0.717, 1.165) is 4.68 Å². The van der Waals surface area contributed by atoms with E-state index in [4.69, 9.17) is 5.73 Å². The lowest BCUT2D eigenvalue weighted by Gasteiger charge is -2.07. The largest absolute Gasteiger partial charge is 0.408 e. The first-order valence-electron chi connectivity index (χ1n) is 4.88. The van der Waals surface area contributed by atoms with Crippen LogP contribution >= 0.6 is 0 Å². The van der Waals surface area contributed by atoms with Gasteiger partial charge < -0.3 is 5.73 Å². The van der Waals surface area contributed by atoms with E-state index in [0.29, 0.717) is 11.2 Å². The number of aromatic nitrogens is 4. The molecule has 2 aromatic heterocycles. The molecule has 5 nitrogen and oxygen atoms in total. The first kappa shape index (κ1) is 11.8. The van der Waals surface area contributed by atoms with Gasteiger partial charge >= 0.3 is 6.18 Å². The molecular weight excluding hydrogens is 235 g/mol. The molecule has 0 amide bonds. The SMILES string of the molecule is C[C@@H](N)c1cc2nnn(CC(F)(F)F)c2cn1. The number of alkyl halides is 3. The van der Waals surface area contributed by atoms with Gasteiger partial charge in [-0.2, -0.15) is 13.2 Å². The van der Waals surface area contributed by atoms with Gasteiger partial charge in [0.15, 0.2) is 0 Å². The van der Waals surface area contributed by atoms with Gasteiger partial charge in [-0.25, -0.2) is 4.68 Å². The van der Waals surface area contributed by atoms with E-state index in [9.17, 15) is 13.2 Å². The van der Waals surface area contributed by atoms with Crippen molar-refractivity contribution in [2.24, 2.45) is 5.73 Å². The molecule has 0 radical (unpaired) electrons. The second kappa shape index (κ2) is 3.95. The van der Waals surface area contributed by atoms with E-state index in [1.807, 2.05) is 0 Å². The Labute approximate surface area is 94.4 Å². The summed E-state index contributed by atoms with van der Waals surface area (Å²) < 4.78 is 37.4. The van der Waals surface area contributed by atoms with Crippen molar-refractivity contribution in [2.75, 3.05) is 0 Å². The number of pyridine rings is 1. The number of fused-ring (bicyclic) bond motifs is 1. The molecule has 0 saturated carbocycles. The third kappa shape index (κ3) is 2.52. The summed E-state index contributed by atoms with van der Waals surface area (Å²) in [5, 5.41) is 7.11. The standard InChI is InChI=1S/C9H10F3N5/c1-5(13)6-2-7-8(3-14-6)17(16-15-7)4-9(10,11)12/h2-3,5H,4,13H2,1H3/t5-/m1/s1. The van der Waals surface area contributed by atoms with Crippen molar-refractivity contribution < 1.29 is 13.2 Å². The maximum absolute atomic E-state index is 12.2. The first-order chi connectivity index (χ1) is 7.87. The van der Waals surface area contributed by atoms with E-state index in [2.05, 4.69) is 15.3 Å². The van der Waals surface area contributed by atoms with E-state index in [1.54, 1.807) is 13.0 Å². The molecule has 0 bridgehead atoms. The van der Waals surface area contributed by atoms with Crippen LogP contribution in [0.1, 0.15) is 18.7 Å². The van der Waals surface area contributed by atoms with E-state index < -0.39 is 12.7 Å². The van der Waals surface area contributed by atoms with Crippen molar-refractivity contribution in [3.05, 3.63) is 18.0 Å². The monoisotopic (exact) mass is 245 g/mol. The van der Waals surface area contributed by atoms with Crippen LogP contribution in [0.25, 0.3) is 11.0 Å². The summed E-state index contributed by atoms with van der Waals surface area (Å²) in [5.74, 6) is 0. The van der Waals surface area contributed by atoms with Crippen LogP contribution in [0.3, 0.4) is 0 Å². The van der Waals surface area contributed by atoms with Crippen LogP contribution in [0.2, 0.25) is 0 Å². The van der Waals surface area contributed by atoms with Crippen LogP contribution < -0.4 is 5.73 Å². The minimum atomic E-state index is -4.33. The lowest BCUT2D eigenvalue weighted by atomic mass is 10.2. The van der Waals surface area contributed by atoms with Crippen molar-refractivity contribution in [1.29, 1.82) is 0 Å². The molecule has 0 saturated heterocycles. The maximum atomic E-state index is 12.2.